The minimum Gasteiger partial charge on any atom is -0.491 e. The van der Waals surface area contributed by atoms with Crippen LogP contribution in [0.2, 0.25) is 0 Å². The van der Waals surface area contributed by atoms with Gasteiger partial charge in [-0.05, 0) is 51.6 Å². The van der Waals surface area contributed by atoms with E-state index in [1.807, 2.05) is 51.1 Å². The van der Waals surface area contributed by atoms with Crippen LogP contribution in [0.1, 0.15) is 26.5 Å². The molecule has 1 aliphatic heterocycles. The lowest BCUT2D eigenvalue weighted by Gasteiger charge is -2.34. The first-order valence-corrected chi connectivity index (χ1v) is 9.40. The third kappa shape index (κ3) is 4.85. The Hall–Kier alpha value is -2.34. The van der Waals surface area contributed by atoms with Gasteiger partial charge in [0.25, 0.3) is 0 Å². The second-order valence-electron chi connectivity index (χ2n) is 6.93. The molecule has 0 saturated carbocycles. The quantitative estimate of drug-likeness (QED) is 0.856. The first-order chi connectivity index (χ1) is 12.5. The molecule has 0 spiro atoms. The van der Waals surface area contributed by atoms with Crippen molar-refractivity contribution in [1.82, 2.24) is 14.9 Å². The van der Waals surface area contributed by atoms with Crippen LogP contribution in [0.3, 0.4) is 0 Å². The molecule has 0 bridgehead atoms. The Morgan fingerprint density at radius 1 is 1.08 bits per heavy atom. The number of nitrogens with one attached hydrogen (secondary N) is 1. The van der Waals surface area contributed by atoms with Gasteiger partial charge in [-0.2, -0.15) is 4.98 Å². The maximum Gasteiger partial charge on any atom is 0.227 e. The van der Waals surface area contributed by atoms with E-state index in [9.17, 15) is 0 Å². The molecule has 26 heavy (non-hydrogen) atoms. The van der Waals surface area contributed by atoms with Crippen LogP contribution in [0.4, 0.5) is 17.5 Å². The molecule has 1 aliphatic rings. The number of benzene rings is 1. The normalized spacial score (nSPS) is 15.3. The third-order valence-corrected chi connectivity index (χ3v) is 4.44. The summed E-state index contributed by atoms with van der Waals surface area (Å²) in [6, 6.07) is 9.94. The highest BCUT2D eigenvalue weighted by Crippen LogP contribution is 2.22. The highest BCUT2D eigenvalue weighted by Gasteiger charge is 2.18. The van der Waals surface area contributed by atoms with Crippen LogP contribution in [0.5, 0.6) is 5.75 Å². The van der Waals surface area contributed by atoms with E-state index in [4.69, 9.17) is 9.72 Å². The summed E-state index contributed by atoms with van der Waals surface area (Å²) in [6.07, 6.45) is 0.175. The van der Waals surface area contributed by atoms with E-state index in [0.29, 0.717) is 0 Å². The first kappa shape index (κ1) is 18.5. The van der Waals surface area contributed by atoms with Gasteiger partial charge in [0.1, 0.15) is 11.6 Å². The maximum absolute atomic E-state index is 5.69. The molecule has 0 amide bonds. The fourth-order valence-corrected chi connectivity index (χ4v) is 3.06. The van der Waals surface area contributed by atoms with Crippen molar-refractivity contribution in [2.75, 3.05) is 42.9 Å². The molecule has 1 aromatic carbocycles. The van der Waals surface area contributed by atoms with Crippen LogP contribution in [0.25, 0.3) is 0 Å². The van der Waals surface area contributed by atoms with Crippen LogP contribution >= 0.6 is 0 Å². The summed E-state index contributed by atoms with van der Waals surface area (Å²) in [4.78, 5) is 14.1. The van der Waals surface area contributed by atoms with Gasteiger partial charge in [0.05, 0.1) is 6.10 Å². The summed E-state index contributed by atoms with van der Waals surface area (Å²) in [7, 11) is 0. The predicted molar refractivity (Wildman–Crippen MR) is 107 cm³/mol. The molecule has 2 aromatic rings. The Kier molecular flexibility index (Phi) is 5.93. The lowest BCUT2D eigenvalue weighted by atomic mass is 10.3. The van der Waals surface area contributed by atoms with Gasteiger partial charge in [0.2, 0.25) is 5.95 Å². The molecule has 2 heterocycles. The number of hydrogen-bond acceptors (Lipinski definition) is 6. The van der Waals surface area contributed by atoms with E-state index in [2.05, 4.69) is 27.0 Å². The Morgan fingerprint density at radius 2 is 1.77 bits per heavy atom. The average Bonchev–Trinajstić information content (AvgIpc) is 2.62. The molecule has 6 nitrogen and oxygen atoms in total. The minimum absolute atomic E-state index is 0.175. The van der Waals surface area contributed by atoms with E-state index < -0.39 is 0 Å². The summed E-state index contributed by atoms with van der Waals surface area (Å²) >= 11 is 0. The second kappa shape index (κ2) is 8.36. The van der Waals surface area contributed by atoms with E-state index in [1.165, 1.54) is 0 Å². The number of piperazine rings is 1. The fourth-order valence-electron chi connectivity index (χ4n) is 3.06. The molecule has 0 aliphatic carbocycles. The molecule has 140 valence electrons. The molecule has 1 saturated heterocycles. The minimum atomic E-state index is 0.175. The standard InChI is InChI=1S/C20H29N5O/c1-5-24-10-12-25(13-11-24)20-21-16(4)14-19(23-20)22-17-6-8-18(9-7-17)26-15(2)3/h6-9,14-15H,5,10-13H2,1-4H3,(H,21,22,23). The molecule has 0 unspecified atom stereocenters. The van der Waals surface area contributed by atoms with Gasteiger partial charge in [-0.25, -0.2) is 4.98 Å². The van der Waals surface area contributed by atoms with Gasteiger partial charge >= 0.3 is 0 Å². The lowest BCUT2D eigenvalue weighted by molar-refractivity contribution is 0.242. The predicted octanol–water partition coefficient (Wildman–Crippen LogP) is 3.46. The molecular formula is C20H29N5O. The maximum atomic E-state index is 5.69. The Labute approximate surface area is 156 Å². The van der Waals surface area contributed by atoms with Crippen LogP contribution in [0, 0.1) is 6.92 Å². The van der Waals surface area contributed by atoms with Gasteiger partial charge < -0.3 is 19.9 Å². The van der Waals surface area contributed by atoms with Crippen molar-refractivity contribution >= 4 is 17.5 Å². The third-order valence-electron chi connectivity index (χ3n) is 4.44. The van der Waals surface area contributed by atoms with Crippen molar-refractivity contribution in [3.8, 4) is 5.75 Å². The number of likely N-dealkylation sites (N-methyl/N-ethyl adjacent to an activating group) is 1. The topological polar surface area (TPSA) is 53.5 Å². The zero-order valence-electron chi connectivity index (χ0n) is 16.2. The lowest BCUT2D eigenvalue weighted by Crippen LogP contribution is -2.46. The summed E-state index contributed by atoms with van der Waals surface area (Å²) in [6.45, 7) is 13.4. The number of ether oxygens (including phenoxy) is 1. The van der Waals surface area contributed by atoms with Gasteiger partial charge in [-0.15, -0.1) is 0 Å². The van der Waals surface area contributed by atoms with Crippen molar-refractivity contribution in [3.63, 3.8) is 0 Å². The monoisotopic (exact) mass is 355 g/mol. The average molecular weight is 355 g/mol. The van der Waals surface area contributed by atoms with E-state index in [1.54, 1.807) is 0 Å². The highest BCUT2D eigenvalue weighted by molar-refractivity contribution is 5.58. The number of anilines is 3. The summed E-state index contributed by atoms with van der Waals surface area (Å²) < 4.78 is 5.69. The Morgan fingerprint density at radius 3 is 2.38 bits per heavy atom. The first-order valence-electron chi connectivity index (χ1n) is 9.40. The molecule has 1 fully saturated rings. The molecule has 1 N–H and O–H groups in total. The van der Waals surface area contributed by atoms with Crippen LogP contribution in [-0.2, 0) is 0 Å². The number of rotatable bonds is 6. The smallest absolute Gasteiger partial charge is 0.227 e. The summed E-state index contributed by atoms with van der Waals surface area (Å²) in [5.41, 5.74) is 1.95. The van der Waals surface area contributed by atoms with Gasteiger partial charge in [0.15, 0.2) is 0 Å². The zero-order chi connectivity index (χ0) is 18.5. The zero-order valence-corrected chi connectivity index (χ0v) is 16.2. The molecule has 1 aromatic heterocycles. The van der Waals surface area contributed by atoms with E-state index >= 15 is 0 Å². The van der Waals surface area contributed by atoms with Crippen LogP contribution in [0.15, 0.2) is 30.3 Å². The Bertz CT molecular complexity index is 709. The highest BCUT2D eigenvalue weighted by atomic mass is 16.5. The van der Waals surface area contributed by atoms with E-state index in [-0.39, 0.29) is 6.10 Å². The largest absolute Gasteiger partial charge is 0.491 e. The molecule has 0 radical (unpaired) electrons. The molecule has 0 atom stereocenters. The number of hydrogen-bond donors (Lipinski definition) is 1. The van der Waals surface area contributed by atoms with Gasteiger partial charge in [-0.3, -0.25) is 0 Å². The molecule has 6 heteroatoms. The van der Waals surface area contributed by atoms with Crippen molar-refractivity contribution in [2.45, 2.75) is 33.8 Å². The fraction of sp³-hybridized carbons (Fsp3) is 0.500. The number of aromatic nitrogens is 2. The molecular weight excluding hydrogens is 326 g/mol. The van der Waals surface area contributed by atoms with Crippen molar-refractivity contribution in [2.24, 2.45) is 0 Å². The van der Waals surface area contributed by atoms with Crippen molar-refractivity contribution < 1.29 is 4.74 Å². The second-order valence-corrected chi connectivity index (χ2v) is 6.93. The summed E-state index contributed by atoms with van der Waals surface area (Å²) in [5, 5.41) is 3.38. The van der Waals surface area contributed by atoms with Crippen molar-refractivity contribution in [1.29, 1.82) is 0 Å². The number of aryl methyl sites for hydroxylation is 1. The summed E-state index contributed by atoms with van der Waals surface area (Å²) in [5.74, 6) is 2.50. The number of nitrogens with zero attached hydrogens (tertiary/aromatic N) is 4. The van der Waals surface area contributed by atoms with Crippen LogP contribution < -0.4 is 15.0 Å². The van der Waals surface area contributed by atoms with Gasteiger partial charge in [-0.1, -0.05) is 6.92 Å². The van der Waals surface area contributed by atoms with E-state index in [0.717, 1.165) is 61.6 Å². The van der Waals surface area contributed by atoms with Crippen LogP contribution in [-0.4, -0.2) is 53.7 Å². The molecule has 3 rings (SSSR count). The van der Waals surface area contributed by atoms with Crippen molar-refractivity contribution in [3.05, 3.63) is 36.0 Å². The SMILES string of the molecule is CCN1CCN(c2nc(C)cc(Nc3ccc(OC(C)C)cc3)n2)CC1. The van der Waals surface area contributed by atoms with Gasteiger partial charge in [0, 0.05) is 43.6 Å². The Balaban J connectivity index is 1.69.